The zero-order valence-corrected chi connectivity index (χ0v) is 33.4. The van der Waals surface area contributed by atoms with Gasteiger partial charge in [-0.3, -0.25) is 43.3 Å². The zero-order valence-electron chi connectivity index (χ0n) is 33.4. The van der Waals surface area contributed by atoms with E-state index in [1.807, 2.05) is 13.8 Å². The summed E-state index contributed by atoms with van der Waals surface area (Å²) in [5.41, 5.74) is -5.23. The first-order valence-corrected chi connectivity index (χ1v) is 15.7. The summed E-state index contributed by atoms with van der Waals surface area (Å²) in [5, 5.41) is 4.47. The van der Waals surface area contributed by atoms with E-state index in [1.54, 1.807) is 90.8 Å². The summed E-state index contributed by atoms with van der Waals surface area (Å²) in [7, 11) is 10.3. The zero-order chi connectivity index (χ0) is 38.7. The normalized spacial score (nSPS) is 16.1. The number of ketones is 6. The van der Waals surface area contributed by atoms with Crippen LogP contribution in [0, 0.1) is 16.2 Å². The van der Waals surface area contributed by atoms with Crippen LogP contribution < -0.4 is 0 Å². The summed E-state index contributed by atoms with van der Waals surface area (Å²) >= 11 is 0. The summed E-state index contributed by atoms with van der Waals surface area (Å²) in [6, 6.07) is 0. The van der Waals surface area contributed by atoms with Crippen LogP contribution in [0.1, 0.15) is 117 Å². The molecule has 0 aromatic carbocycles. The van der Waals surface area contributed by atoms with Crippen LogP contribution in [0.3, 0.4) is 0 Å². The van der Waals surface area contributed by atoms with Crippen LogP contribution in [-0.2, 0) is 43.3 Å². The van der Waals surface area contributed by atoms with E-state index in [2.05, 4.69) is 0 Å². The van der Waals surface area contributed by atoms with Crippen molar-refractivity contribution in [2.45, 2.75) is 134 Å². The molecule has 12 heteroatoms. The van der Waals surface area contributed by atoms with E-state index < -0.39 is 33.0 Å². The van der Waals surface area contributed by atoms with Crippen LogP contribution in [0.5, 0.6) is 0 Å². The van der Waals surface area contributed by atoms with Gasteiger partial charge in [-0.25, -0.2) is 0 Å². The molecule has 0 aliphatic rings. The third-order valence-electron chi connectivity index (χ3n) is 8.98. The Kier molecular flexibility index (Phi) is 19.4. The largest absolute Gasteiger partial charge is 0.299 e. The number of Topliss-reactive ketones (excluding diaryl/α,β-unsaturated/α-hetero) is 6. The number of carbonyl (C=O) groups is 6. The summed E-state index contributed by atoms with van der Waals surface area (Å²) in [6.45, 7) is 24.7. The van der Waals surface area contributed by atoms with Gasteiger partial charge in [0.1, 0.15) is 34.2 Å². The number of hydrogen-bond acceptors (Lipinski definition) is 12. The number of rotatable bonds is 17. The van der Waals surface area contributed by atoms with Gasteiger partial charge < -0.3 is 0 Å². The molecule has 47 heavy (non-hydrogen) atoms. The molecule has 0 radical (unpaired) electrons. The van der Waals surface area contributed by atoms with Crippen LogP contribution in [0.2, 0.25) is 0 Å². The molecule has 0 aliphatic heterocycles. The van der Waals surface area contributed by atoms with Gasteiger partial charge in [0.05, 0.1) is 0 Å². The molecule has 0 heterocycles. The average molecular weight is 674 g/mol. The summed E-state index contributed by atoms with van der Waals surface area (Å²) < 4.78 is 0. The lowest BCUT2D eigenvalue weighted by Crippen LogP contribution is -2.53. The molecular formula is C35H67N3O9. The number of hydroxylamine groups is 6. The van der Waals surface area contributed by atoms with Gasteiger partial charge in [-0.15, -0.1) is 0 Å². The fourth-order valence-corrected chi connectivity index (χ4v) is 4.59. The van der Waals surface area contributed by atoms with Gasteiger partial charge >= 0.3 is 0 Å². The maximum Gasteiger partial charge on any atom is 0.163 e. The standard InChI is InChI=1S/C16H29NO4.C12H23NO3.C7H15NO2/c1-11(18)14(4,5)15(6,12(2)19)10-16(7,13(3)20)21-17(8)9;1-9(14)11(3,4)8-12(5,10(2)15)16-13(6)7;1-6(9)7(2,3)10-8(4)5/h10H2,1-9H3;8H2,1-7H3;1-5H3. The second-order valence-corrected chi connectivity index (χ2v) is 15.2. The van der Waals surface area contributed by atoms with E-state index in [1.165, 1.54) is 56.7 Å². The van der Waals surface area contributed by atoms with Crippen molar-refractivity contribution in [3.05, 3.63) is 0 Å². The first-order valence-electron chi connectivity index (χ1n) is 15.7. The molecule has 0 aromatic heterocycles. The predicted octanol–water partition coefficient (Wildman–Crippen LogP) is 5.11. The Morgan fingerprint density at radius 2 is 0.745 bits per heavy atom. The lowest BCUT2D eigenvalue weighted by atomic mass is 9.58. The van der Waals surface area contributed by atoms with Crippen molar-refractivity contribution in [1.29, 1.82) is 0 Å². The lowest BCUT2D eigenvalue weighted by Gasteiger charge is -2.45. The maximum atomic E-state index is 12.3. The SMILES string of the molecule is CC(=O)C(C)(C)CC(C)(ON(C)C)C(C)=O.CC(=O)C(C)(C)ON(C)C.CC(=O)C(C)(CC(C)(C(C)=O)C(C)(C)C(C)=O)ON(C)C. The first kappa shape index (κ1) is 49.2. The molecule has 0 N–H and O–H groups in total. The Balaban J connectivity index is -0.000000658. The molecule has 3 unspecified atom stereocenters. The highest BCUT2D eigenvalue weighted by Gasteiger charge is 2.53. The number of carbonyl (C=O) groups excluding carboxylic acids is 6. The Labute approximate surface area is 285 Å². The molecule has 276 valence electrons. The van der Waals surface area contributed by atoms with E-state index >= 15 is 0 Å². The molecule has 0 spiro atoms. The molecule has 0 rings (SSSR count). The molecule has 0 bridgehead atoms. The second kappa shape index (κ2) is 18.5. The van der Waals surface area contributed by atoms with Crippen molar-refractivity contribution < 1.29 is 43.3 Å². The minimum absolute atomic E-state index is 0.0289. The molecule has 0 saturated carbocycles. The van der Waals surface area contributed by atoms with Gasteiger partial charge in [0.2, 0.25) is 0 Å². The van der Waals surface area contributed by atoms with Gasteiger partial charge in [0.15, 0.2) is 17.3 Å². The minimum atomic E-state index is -1.16. The topological polar surface area (TPSA) is 140 Å². The summed E-state index contributed by atoms with van der Waals surface area (Å²) in [6.07, 6.45) is 0.526. The van der Waals surface area contributed by atoms with Crippen molar-refractivity contribution in [3.8, 4) is 0 Å². The Hall–Kier alpha value is -2.22. The van der Waals surface area contributed by atoms with Crippen LogP contribution >= 0.6 is 0 Å². The molecule has 12 nitrogen and oxygen atoms in total. The predicted molar refractivity (Wildman–Crippen MR) is 184 cm³/mol. The smallest absolute Gasteiger partial charge is 0.163 e. The number of nitrogens with zero attached hydrogens (tertiary/aromatic N) is 3. The fraction of sp³-hybridized carbons (Fsp3) is 0.829. The van der Waals surface area contributed by atoms with E-state index in [-0.39, 0.29) is 41.1 Å². The van der Waals surface area contributed by atoms with E-state index in [9.17, 15) is 28.8 Å². The highest BCUT2D eigenvalue weighted by molar-refractivity contribution is 5.94. The van der Waals surface area contributed by atoms with Crippen LogP contribution in [0.15, 0.2) is 0 Å². The monoisotopic (exact) mass is 673 g/mol. The van der Waals surface area contributed by atoms with Gasteiger partial charge in [-0.2, -0.15) is 15.2 Å². The highest BCUT2D eigenvalue weighted by atomic mass is 16.7. The van der Waals surface area contributed by atoms with Crippen LogP contribution in [0.4, 0.5) is 0 Å². The van der Waals surface area contributed by atoms with Crippen molar-refractivity contribution >= 4 is 34.7 Å². The third kappa shape index (κ3) is 15.7. The molecule has 0 amide bonds. The minimum Gasteiger partial charge on any atom is -0.299 e. The van der Waals surface area contributed by atoms with Crippen molar-refractivity contribution in [2.75, 3.05) is 42.3 Å². The molecular weight excluding hydrogens is 606 g/mol. The van der Waals surface area contributed by atoms with Crippen molar-refractivity contribution in [3.63, 3.8) is 0 Å². The maximum absolute atomic E-state index is 12.3. The Morgan fingerprint density at radius 3 is 0.936 bits per heavy atom. The second-order valence-electron chi connectivity index (χ2n) is 15.2. The van der Waals surface area contributed by atoms with E-state index in [4.69, 9.17) is 14.5 Å². The molecule has 0 aliphatic carbocycles. The molecule has 0 saturated heterocycles. The quantitative estimate of drug-likeness (QED) is 0.190. The number of hydrogen-bond donors (Lipinski definition) is 0. The van der Waals surface area contributed by atoms with Gasteiger partial charge in [0, 0.05) is 58.5 Å². The van der Waals surface area contributed by atoms with Crippen LogP contribution in [0.25, 0.3) is 0 Å². The Bertz CT molecular complexity index is 1110. The lowest BCUT2D eigenvalue weighted by molar-refractivity contribution is -0.224. The summed E-state index contributed by atoms with van der Waals surface area (Å²) in [5.74, 6) is -0.379. The van der Waals surface area contributed by atoms with E-state index in [0.29, 0.717) is 6.42 Å². The van der Waals surface area contributed by atoms with Crippen LogP contribution in [-0.4, -0.2) is 109 Å². The summed E-state index contributed by atoms with van der Waals surface area (Å²) in [4.78, 5) is 86.6. The Morgan fingerprint density at radius 1 is 0.426 bits per heavy atom. The molecule has 0 fully saturated rings. The van der Waals surface area contributed by atoms with Gasteiger partial charge in [0.25, 0.3) is 0 Å². The molecule has 3 atom stereocenters. The fourth-order valence-electron chi connectivity index (χ4n) is 4.59. The highest BCUT2D eigenvalue weighted by Crippen LogP contribution is 2.47. The first-order chi connectivity index (χ1) is 20.6. The van der Waals surface area contributed by atoms with Crippen molar-refractivity contribution in [2.24, 2.45) is 16.2 Å². The van der Waals surface area contributed by atoms with Crippen molar-refractivity contribution in [1.82, 2.24) is 15.2 Å². The van der Waals surface area contributed by atoms with Gasteiger partial charge in [-0.1, -0.05) is 34.6 Å². The van der Waals surface area contributed by atoms with E-state index in [0.717, 1.165) is 0 Å². The molecule has 0 aromatic rings. The van der Waals surface area contributed by atoms with Gasteiger partial charge in [-0.05, 0) is 82.1 Å². The third-order valence-corrected chi connectivity index (χ3v) is 8.98. The average Bonchev–Trinajstić information content (AvgIpc) is 2.81.